The van der Waals surface area contributed by atoms with E-state index in [1.165, 1.54) is 6.33 Å². The van der Waals surface area contributed by atoms with Gasteiger partial charge in [-0.25, -0.2) is 19.4 Å². The molecule has 3 rings (SSSR count). The van der Waals surface area contributed by atoms with Gasteiger partial charge in [0.05, 0.1) is 18.5 Å². The van der Waals surface area contributed by atoms with Gasteiger partial charge in [0.1, 0.15) is 6.33 Å². The van der Waals surface area contributed by atoms with E-state index in [9.17, 15) is 4.79 Å². The fourth-order valence-electron chi connectivity index (χ4n) is 2.56. The second-order valence-electron chi connectivity index (χ2n) is 4.93. The summed E-state index contributed by atoms with van der Waals surface area (Å²) in [7, 11) is 0. The van der Waals surface area contributed by atoms with Crippen molar-refractivity contribution in [2.24, 2.45) is 0 Å². The first-order chi connectivity index (χ1) is 10.2. The first kappa shape index (κ1) is 13.5. The Morgan fingerprint density at radius 1 is 1.38 bits per heavy atom. The van der Waals surface area contributed by atoms with Crippen LogP contribution in [-0.4, -0.2) is 32.3 Å². The van der Waals surface area contributed by atoms with Crippen molar-refractivity contribution in [1.82, 2.24) is 19.7 Å². The summed E-state index contributed by atoms with van der Waals surface area (Å²) in [5, 5.41) is 4.23. The smallest absolute Gasteiger partial charge is 0.361 e. The zero-order valence-electron chi connectivity index (χ0n) is 11.9. The minimum atomic E-state index is -0.517. The summed E-state index contributed by atoms with van der Waals surface area (Å²) in [6.07, 6.45) is 7.24. The van der Waals surface area contributed by atoms with Gasteiger partial charge in [-0.2, -0.15) is 5.10 Å². The maximum atomic E-state index is 11.8. The lowest BCUT2D eigenvalue weighted by Gasteiger charge is -2.16. The number of carbonyl (C=O) groups is 1. The molecule has 7 nitrogen and oxygen atoms in total. The van der Waals surface area contributed by atoms with Gasteiger partial charge in [-0.1, -0.05) is 0 Å². The molecule has 1 aliphatic carbocycles. The number of aromatic nitrogens is 4. The highest BCUT2D eigenvalue weighted by Crippen LogP contribution is 2.24. The number of aryl methyl sites for hydroxylation is 1. The highest BCUT2D eigenvalue weighted by molar-refractivity contribution is 5.92. The van der Waals surface area contributed by atoms with E-state index in [0.29, 0.717) is 5.82 Å². The normalized spacial score (nSPS) is 13.8. The van der Waals surface area contributed by atoms with Crippen LogP contribution in [0.25, 0.3) is 5.82 Å². The summed E-state index contributed by atoms with van der Waals surface area (Å²) in [5.41, 5.74) is 8.41. The van der Waals surface area contributed by atoms with Crippen LogP contribution in [0.2, 0.25) is 0 Å². The van der Waals surface area contributed by atoms with Crippen LogP contribution < -0.4 is 5.73 Å². The van der Waals surface area contributed by atoms with E-state index < -0.39 is 5.97 Å². The molecule has 2 N–H and O–H groups in total. The number of rotatable bonds is 3. The van der Waals surface area contributed by atoms with Crippen molar-refractivity contribution in [3.63, 3.8) is 0 Å². The molecular weight excluding hydrogens is 270 g/mol. The Morgan fingerprint density at radius 3 is 3.00 bits per heavy atom. The van der Waals surface area contributed by atoms with Crippen molar-refractivity contribution in [2.75, 3.05) is 12.3 Å². The number of fused-ring (bicyclic) bond motifs is 1. The second-order valence-corrected chi connectivity index (χ2v) is 4.93. The molecule has 2 aromatic rings. The van der Waals surface area contributed by atoms with Gasteiger partial charge >= 0.3 is 5.97 Å². The third-order valence-electron chi connectivity index (χ3n) is 3.53. The van der Waals surface area contributed by atoms with Gasteiger partial charge in [0.15, 0.2) is 11.5 Å². The Bertz CT molecular complexity index is 680. The van der Waals surface area contributed by atoms with Crippen LogP contribution in [0.3, 0.4) is 0 Å². The molecule has 0 aliphatic heterocycles. The molecular formula is C14H17N5O2. The molecule has 0 unspecified atom stereocenters. The summed E-state index contributed by atoms with van der Waals surface area (Å²) >= 11 is 0. The largest absolute Gasteiger partial charge is 0.461 e. The Morgan fingerprint density at radius 2 is 2.19 bits per heavy atom. The third kappa shape index (κ3) is 2.46. The van der Waals surface area contributed by atoms with Crippen molar-refractivity contribution in [3.05, 3.63) is 29.5 Å². The fraction of sp³-hybridized carbons (Fsp3) is 0.429. The molecule has 0 atom stereocenters. The van der Waals surface area contributed by atoms with Gasteiger partial charge in [-0.15, -0.1) is 0 Å². The van der Waals surface area contributed by atoms with Gasteiger partial charge in [0, 0.05) is 11.3 Å². The Hall–Kier alpha value is -2.44. The maximum absolute atomic E-state index is 11.8. The Kier molecular flexibility index (Phi) is 3.55. The molecule has 21 heavy (non-hydrogen) atoms. The molecule has 2 heterocycles. The van der Waals surface area contributed by atoms with Gasteiger partial charge < -0.3 is 10.5 Å². The summed E-state index contributed by atoms with van der Waals surface area (Å²) in [6.45, 7) is 2.03. The molecule has 0 fully saturated rings. The first-order valence-corrected chi connectivity index (χ1v) is 7.06. The van der Waals surface area contributed by atoms with E-state index >= 15 is 0 Å². The number of nitrogens with two attached hydrogens (primary N) is 1. The molecule has 0 spiro atoms. The van der Waals surface area contributed by atoms with Crippen LogP contribution in [0.4, 0.5) is 5.69 Å². The summed E-state index contributed by atoms with van der Waals surface area (Å²) in [5.74, 6) is 0.179. The number of hydrogen-bond acceptors (Lipinski definition) is 6. The summed E-state index contributed by atoms with van der Waals surface area (Å²) < 4.78 is 6.49. The standard InChI is InChI=1S/C14H17N5O2/c1-2-21-14(20)12-10(15)7-19(18-12)13-9-5-3-4-6-11(9)16-8-17-13/h7-8H,2-6,15H2,1H3. The van der Waals surface area contributed by atoms with Gasteiger partial charge in [0.2, 0.25) is 0 Å². The topological polar surface area (TPSA) is 95.9 Å². The second kappa shape index (κ2) is 5.51. The third-order valence-corrected chi connectivity index (χ3v) is 3.53. The molecule has 0 radical (unpaired) electrons. The molecule has 0 saturated heterocycles. The lowest BCUT2D eigenvalue weighted by molar-refractivity contribution is 0.0520. The predicted octanol–water partition coefficient (Wildman–Crippen LogP) is 1.30. The van der Waals surface area contributed by atoms with Crippen LogP contribution in [-0.2, 0) is 17.6 Å². The van der Waals surface area contributed by atoms with Crippen molar-refractivity contribution in [3.8, 4) is 5.82 Å². The van der Waals surface area contributed by atoms with E-state index in [2.05, 4.69) is 15.1 Å². The van der Waals surface area contributed by atoms with E-state index in [-0.39, 0.29) is 18.0 Å². The molecule has 2 aromatic heterocycles. The molecule has 1 aliphatic rings. The Balaban J connectivity index is 2.02. The highest BCUT2D eigenvalue weighted by atomic mass is 16.5. The lowest BCUT2D eigenvalue weighted by Crippen LogP contribution is -2.13. The molecule has 110 valence electrons. The van der Waals surface area contributed by atoms with Crippen LogP contribution in [0.5, 0.6) is 0 Å². The van der Waals surface area contributed by atoms with E-state index in [1.54, 1.807) is 17.8 Å². The van der Waals surface area contributed by atoms with E-state index in [4.69, 9.17) is 10.5 Å². The number of nitrogen functional groups attached to an aromatic ring is 1. The predicted molar refractivity (Wildman–Crippen MR) is 76.2 cm³/mol. The summed E-state index contributed by atoms with van der Waals surface area (Å²) in [6, 6.07) is 0. The number of nitrogens with zero attached hydrogens (tertiary/aromatic N) is 4. The molecule has 0 saturated carbocycles. The average molecular weight is 287 g/mol. The zero-order chi connectivity index (χ0) is 14.8. The van der Waals surface area contributed by atoms with Crippen LogP contribution in [0.15, 0.2) is 12.5 Å². The SMILES string of the molecule is CCOC(=O)c1nn(-c2ncnc3c2CCCC3)cc1N. The molecule has 0 aromatic carbocycles. The number of carbonyl (C=O) groups excluding carboxylic acids is 1. The Labute approximate surface area is 122 Å². The average Bonchev–Trinajstić information content (AvgIpc) is 2.89. The zero-order valence-corrected chi connectivity index (χ0v) is 11.9. The minimum absolute atomic E-state index is 0.125. The molecule has 0 amide bonds. The molecule has 0 bridgehead atoms. The number of ether oxygens (including phenoxy) is 1. The van der Waals surface area contributed by atoms with Crippen molar-refractivity contribution < 1.29 is 9.53 Å². The number of hydrogen-bond donors (Lipinski definition) is 1. The van der Waals surface area contributed by atoms with Crippen molar-refractivity contribution in [2.45, 2.75) is 32.6 Å². The van der Waals surface area contributed by atoms with Gasteiger partial charge in [0.25, 0.3) is 0 Å². The fourth-order valence-corrected chi connectivity index (χ4v) is 2.56. The monoisotopic (exact) mass is 287 g/mol. The minimum Gasteiger partial charge on any atom is -0.461 e. The quantitative estimate of drug-likeness (QED) is 0.855. The van der Waals surface area contributed by atoms with E-state index in [0.717, 1.165) is 36.9 Å². The first-order valence-electron chi connectivity index (χ1n) is 7.06. The van der Waals surface area contributed by atoms with Gasteiger partial charge in [-0.3, -0.25) is 0 Å². The maximum Gasteiger partial charge on any atom is 0.361 e. The summed E-state index contributed by atoms with van der Waals surface area (Å²) in [4.78, 5) is 20.4. The molecule has 7 heteroatoms. The van der Waals surface area contributed by atoms with Crippen molar-refractivity contribution >= 4 is 11.7 Å². The van der Waals surface area contributed by atoms with E-state index in [1.807, 2.05) is 0 Å². The van der Waals surface area contributed by atoms with Crippen LogP contribution in [0, 0.1) is 0 Å². The van der Waals surface area contributed by atoms with Crippen LogP contribution >= 0.6 is 0 Å². The number of anilines is 1. The van der Waals surface area contributed by atoms with Crippen molar-refractivity contribution in [1.29, 1.82) is 0 Å². The lowest BCUT2D eigenvalue weighted by atomic mass is 9.96. The van der Waals surface area contributed by atoms with Crippen LogP contribution in [0.1, 0.15) is 41.5 Å². The van der Waals surface area contributed by atoms with Gasteiger partial charge in [-0.05, 0) is 32.6 Å². The number of esters is 1. The highest BCUT2D eigenvalue weighted by Gasteiger charge is 2.21.